The summed E-state index contributed by atoms with van der Waals surface area (Å²) in [7, 11) is 0. The number of rotatable bonds is 5. The molecule has 2 N–H and O–H groups in total. The third-order valence-corrected chi connectivity index (χ3v) is 5.18. The molecule has 1 aliphatic heterocycles. The smallest absolute Gasteiger partial charge is 0.138 e. The van der Waals surface area contributed by atoms with Crippen LogP contribution >= 0.6 is 11.3 Å². The molecule has 0 saturated carbocycles. The van der Waals surface area contributed by atoms with Crippen molar-refractivity contribution >= 4 is 27.4 Å². The average molecular weight is 341 g/mol. The summed E-state index contributed by atoms with van der Waals surface area (Å²) >= 11 is 1.76. The molecule has 0 bridgehead atoms. The molecule has 24 heavy (non-hydrogen) atoms. The number of hydrogen-bond donors (Lipinski definition) is 2. The van der Waals surface area contributed by atoms with E-state index in [-0.39, 0.29) is 6.10 Å². The number of nitrogens with zero attached hydrogens (tertiary/aromatic N) is 3. The molecule has 1 aliphatic rings. The highest BCUT2D eigenvalue weighted by molar-refractivity contribution is 7.18. The van der Waals surface area contributed by atoms with Crippen molar-refractivity contribution in [2.24, 2.45) is 0 Å². The number of anilines is 1. The zero-order valence-electron chi connectivity index (χ0n) is 13.5. The first-order chi connectivity index (χ1) is 11.8. The van der Waals surface area contributed by atoms with E-state index in [1.807, 2.05) is 19.1 Å². The van der Waals surface area contributed by atoms with Gasteiger partial charge in [0, 0.05) is 17.6 Å². The summed E-state index contributed by atoms with van der Waals surface area (Å²) in [6, 6.07) is 3.78. The van der Waals surface area contributed by atoms with Crippen LogP contribution in [0, 0.1) is 0 Å². The fourth-order valence-electron chi connectivity index (χ4n) is 2.92. The van der Waals surface area contributed by atoms with Crippen LogP contribution in [0.2, 0.25) is 0 Å². The van der Waals surface area contributed by atoms with Crippen molar-refractivity contribution in [3.63, 3.8) is 0 Å². The van der Waals surface area contributed by atoms with E-state index in [0.717, 1.165) is 35.9 Å². The maximum Gasteiger partial charge on any atom is 0.138 e. The summed E-state index contributed by atoms with van der Waals surface area (Å²) in [6.45, 7) is 4.64. The predicted octanol–water partition coefficient (Wildman–Crippen LogP) is 2.61. The molecule has 7 heteroatoms. The summed E-state index contributed by atoms with van der Waals surface area (Å²) in [4.78, 5) is 15.4. The first-order valence-electron chi connectivity index (χ1n) is 8.08. The minimum atomic E-state index is 0.00958. The van der Waals surface area contributed by atoms with Crippen molar-refractivity contribution in [3.05, 3.63) is 41.3 Å². The molecule has 0 unspecified atom stereocenters. The molecule has 0 aliphatic carbocycles. The van der Waals surface area contributed by atoms with Gasteiger partial charge in [-0.1, -0.05) is 0 Å². The Morgan fingerprint density at radius 2 is 2.38 bits per heavy atom. The maximum atomic E-state index is 5.87. The molecule has 6 nitrogen and oxygen atoms in total. The monoisotopic (exact) mass is 341 g/mol. The summed E-state index contributed by atoms with van der Waals surface area (Å²) in [6.07, 6.45) is 6.13. The Balaban J connectivity index is 1.51. The van der Waals surface area contributed by atoms with Gasteiger partial charge in [-0.15, -0.1) is 11.3 Å². The molecule has 1 atom stereocenters. The third-order valence-electron chi connectivity index (χ3n) is 4.04. The second-order valence-electron chi connectivity index (χ2n) is 5.83. The van der Waals surface area contributed by atoms with Crippen LogP contribution in [0.5, 0.6) is 5.75 Å². The zero-order valence-corrected chi connectivity index (χ0v) is 14.3. The van der Waals surface area contributed by atoms with Crippen LogP contribution in [0.1, 0.15) is 17.4 Å². The third kappa shape index (κ3) is 3.05. The Labute approximate surface area is 144 Å². The summed E-state index contributed by atoms with van der Waals surface area (Å²) in [5.41, 5.74) is 1.39. The lowest BCUT2D eigenvalue weighted by Gasteiger charge is -2.17. The Morgan fingerprint density at radius 1 is 1.42 bits per heavy atom. The van der Waals surface area contributed by atoms with Gasteiger partial charge in [0.1, 0.15) is 28.8 Å². The summed E-state index contributed by atoms with van der Waals surface area (Å²) < 4.78 is 5.87. The molecule has 124 valence electrons. The van der Waals surface area contributed by atoms with Gasteiger partial charge in [-0.3, -0.25) is 4.98 Å². The molecule has 0 saturated heterocycles. The van der Waals surface area contributed by atoms with Crippen molar-refractivity contribution < 1.29 is 4.74 Å². The van der Waals surface area contributed by atoms with Gasteiger partial charge in [0.2, 0.25) is 0 Å². The van der Waals surface area contributed by atoms with Crippen LogP contribution in [0.25, 0.3) is 10.2 Å². The molecule has 0 spiro atoms. The van der Waals surface area contributed by atoms with Crippen LogP contribution in [0.3, 0.4) is 0 Å². The predicted molar refractivity (Wildman–Crippen MR) is 95.6 cm³/mol. The van der Waals surface area contributed by atoms with Gasteiger partial charge in [-0.05, 0) is 37.6 Å². The maximum absolute atomic E-state index is 5.87. The van der Waals surface area contributed by atoms with E-state index < -0.39 is 0 Å². The van der Waals surface area contributed by atoms with Gasteiger partial charge in [0.25, 0.3) is 0 Å². The van der Waals surface area contributed by atoms with E-state index in [0.29, 0.717) is 6.54 Å². The highest BCUT2D eigenvalue weighted by Crippen LogP contribution is 2.35. The van der Waals surface area contributed by atoms with Gasteiger partial charge < -0.3 is 15.4 Å². The molecule has 0 fully saturated rings. The number of hydrogen-bond acceptors (Lipinski definition) is 7. The molecule has 3 aromatic heterocycles. The van der Waals surface area contributed by atoms with Crippen molar-refractivity contribution in [1.29, 1.82) is 0 Å². The van der Waals surface area contributed by atoms with Crippen LogP contribution in [0.15, 0.2) is 30.9 Å². The van der Waals surface area contributed by atoms with Crippen molar-refractivity contribution in [2.45, 2.75) is 26.0 Å². The van der Waals surface area contributed by atoms with Crippen molar-refractivity contribution in [1.82, 2.24) is 20.3 Å². The lowest BCUT2D eigenvalue weighted by molar-refractivity contribution is 0.234. The number of aromatic nitrogens is 3. The molecular weight excluding hydrogens is 322 g/mol. The average Bonchev–Trinajstić information content (AvgIpc) is 3.00. The molecule has 4 heterocycles. The van der Waals surface area contributed by atoms with Gasteiger partial charge in [0.05, 0.1) is 18.1 Å². The van der Waals surface area contributed by atoms with Gasteiger partial charge in [0.15, 0.2) is 0 Å². The second-order valence-corrected chi connectivity index (χ2v) is 6.91. The minimum absolute atomic E-state index is 0.00958. The lowest BCUT2D eigenvalue weighted by atomic mass is 10.1. The van der Waals surface area contributed by atoms with E-state index in [9.17, 15) is 0 Å². The Bertz CT molecular complexity index is 836. The quantitative estimate of drug-likeness (QED) is 0.743. The molecule has 0 aromatic carbocycles. The molecule has 0 amide bonds. The van der Waals surface area contributed by atoms with E-state index in [1.165, 1.54) is 15.8 Å². The Kier molecular flexibility index (Phi) is 4.27. The fourth-order valence-corrected chi connectivity index (χ4v) is 4.08. The highest BCUT2D eigenvalue weighted by Gasteiger charge is 2.19. The van der Waals surface area contributed by atoms with Crippen LogP contribution in [-0.4, -0.2) is 34.1 Å². The largest absolute Gasteiger partial charge is 0.487 e. The van der Waals surface area contributed by atoms with Crippen molar-refractivity contribution in [3.8, 4) is 5.75 Å². The molecule has 3 aromatic rings. The van der Waals surface area contributed by atoms with E-state index in [4.69, 9.17) is 4.74 Å². The van der Waals surface area contributed by atoms with E-state index >= 15 is 0 Å². The van der Waals surface area contributed by atoms with Gasteiger partial charge in [-0.25, -0.2) is 9.97 Å². The SMILES string of the molecule is C[C@@H](CNc1ncnc2sc3c(c12)CCNC3)Oc1cccnc1. The number of fused-ring (bicyclic) bond motifs is 3. The lowest BCUT2D eigenvalue weighted by Crippen LogP contribution is -2.24. The second kappa shape index (κ2) is 6.70. The Morgan fingerprint density at radius 3 is 3.25 bits per heavy atom. The standard InChI is InChI=1S/C17H19N5OS/c1-11(23-12-3-2-5-18-8-12)7-20-16-15-13-4-6-19-9-14(13)24-17(15)22-10-21-16/h2-3,5,8,10-11,19H,4,6-7,9H2,1H3,(H,20,21,22)/t11-/m0/s1. The number of ether oxygens (including phenoxy) is 1. The number of nitrogens with one attached hydrogen (secondary N) is 2. The van der Waals surface area contributed by atoms with E-state index in [2.05, 4.69) is 25.6 Å². The first-order valence-corrected chi connectivity index (χ1v) is 8.89. The topological polar surface area (TPSA) is 72.0 Å². The van der Waals surface area contributed by atoms with E-state index in [1.54, 1.807) is 30.1 Å². The van der Waals surface area contributed by atoms with Crippen LogP contribution in [0.4, 0.5) is 5.82 Å². The zero-order chi connectivity index (χ0) is 16.4. The number of thiophene rings is 1. The van der Waals surface area contributed by atoms with Gasteiger partial charge in [-0.2, -0.15) is 0 Å². The normalized spacial score (nSPS) is 15.0. The van der Waals surface area contributed by atoms with Crippen molar-refractivity contribution in [2.75, 3.05) is 18.4 Å². The first kappa shape index (κ1) is 15.3. The Hall–Kier alpha value is -2.25. The fraction of sp³-hybridized carbons (Fsp3) is 0.353. The minimum Gasteiger partial charge on any atom is -0.487 e. The van der Waals surface area contributed by atoms with Crippen LogP contribution < -0.4 is 15.4 Å². The number of pyridine rings is 1. The highest BCUT2D eigenvalue weighted by atomic mass is 32.1. The molecule has 4 rings (SSSR count). The van der Waals surface area contributed by atoms with Crippen LogP contribution in [-0.2, 0) is 13.0 Å². The summed E-state index contributed by atoms with van der Waals surface area (Å²) in [5, 5.41) is 8.02. The molecule has 0 radical (unpaired) electrons. The summed E-state index contributed by atoms with van der Waals surface area (Å²) in [5.74, 6) is 1.68. The van der Waals surface area contributed by atoms with Gasteiger partial charge >= 0.3 is 0 Å². The molecular formula is C17H19N5OS.